The summed E-state index contributed by atoms with van der Waals surface area (Å²) < 4.78 is 19.0. The summed E-state index contributed by atoms with van der Waals surface area (Å²) in [6.45, 7) is 2.53. The SMILES string of the molecule is CNC(=O)[C@H]1CN(C(=O)c2cc(C)ccc2F)CCO1. The van der Waals surface area contributed by atoms with Gasteiger partial charge >= 0.3 is 0 Å². The van der Waals surface area contributed by atoms with Gasteiger partial charge in [0, 0.05) is 13.6 Å². The van der Waals surface area contributed by atoms with E-state index in [0.29, 0.717) is 6.54 Å². The number of halogens is 1. The highest BCUT2D eigenvalue weighted by molar-refractivity contribution is 5.95. The second-order valence-corrected chi connectivity index (χ2v) is 4.71. The Morgan fingerprint density at radius 1 is 1.45 bits per heavy atom. The Morgan fingerprint density at radius 3 is 2.90 bits per heavy atom. The summed E-state index contributed by atoms with van der Waals surface area (Å²) in [5, 5.41) is 2.48. The average molecular weight is 280 g/mol. The molecular formula is C14H17FN2O3. The summed E-state index contributed by atoms with van der Waals surface area (Å²) in [6, 6.07) is 4.40. The number of likely N-dealkylation sites (N-methyl/N-ethyl adjacent to an activating group) is 1. The third kappa shape index (κ3) is 2.96. The summed E-state index contributed by atoms with van der Waals surface area (Å²) >= 11 is 0. The van der Waals surface area contributed by atoms with Crippen LogP contribution in [0.1, 0.15) is 15.9 Å². The van der Waals surface area contributed by atoms with E-state index in [-0.39, 0.29) is 24.6 Å². The highest BCUT2D eigenvalue weighted by atomic mass is 19.1. The van der Waals surface area contributed by atoms with Crippen LogP contribution in [0.4, 0.5) is 4.39 Å². The zero-order chi connectivity index (χ0) is 14.7. The molecule has 0 bridgehead atoms. The Kier molecular flexibility index (Phi) is 4.34. The molecule has 1 aromatic carbocycles. The van der Waals surface area contributed by atoms with Gasteiger partial charge in [0.1, 0.15) is 5.82 Å². The summed E-state index contributed by atoms with van der Waals surface area (Å²) in [5.74, 6) is -1.25. The monoisotopic (exact) mass is 280 g/mol. The number of ether oxygens (including phenoxy) is 1. The second kappa shape index (κ2) is 6.00. The van der Waals surface area contributed by atoms with E-state index in [4.69, 9.17) is 4.74 Å². The van der Waals surface area contributed by atoms with E-state index in [0.717, 1.165) is 5.56 Å². The fraction of sp³-hybridized carbons (Fsp3) is 0.429. The molecule has 1 fully saturated rings. The zero-order valence-corrected chi connectivity index (χ0v) is 11.5. The molecule has 0 spiro atoms. The third-order valence-electron chi connectivity index (χ3n) is 3.24. The van der Waals surface area contributed by atoms with Gasteiger partial charge in [0.05, 0.1) is 18.7 Å². The Labute approximate surface area is 116 Å². The Hall–Kier alpha value is -1.95. The maximum absolute atomic E-state index is 13.7. The van der Waals surface area contributed by atoms with Crippen molar-refractivity contribution in [3.63, 3.8) is 0 Å². The van der Waals surface area contributed by atoms with Crippen molar-refractivity contribution in [1.82, 2.24) is 10.2 Å². The first-order chi connectivity index (χ1) is 9.52. The van der Waals surface area contributed by atoms with E-state index in [1.165, 1.54) is 24.1 Å². The van der Waals surface area contributed by atoms with Gasteiger partial charge in [0.2, 0.25) is 0 Å². The van der Waals surface area contributed by atoms with Crippen molar-refractivity contribution < 1.29 is 18.7 Å². The minimum absolute atomic E-state index is 0.0301. The van der Waals surface area contributed by atoms with Crippen molar-refractivity contribution in [2.24, 2.45) is 0 Å². The van der Waals surface area contributed by atoms with Gasteiger partial charge in [-0.25, -0.2) is 4.39 Å². The lowest BCUT2D eigenvalue weighted by atomic mass is 10.1. The lowest BCUT2D eigenvalue weighted by Gasteiger charge is -2.32. The lowest BCUT2D eigenvalue weighted by Crippen LogP contribution is -2.51. The number of hydrogen-bond donors (Lipinski definition) is 1. The third-order valence-corrected chi connectivity index (χ3v) is 3.24. The van der Waals surface area contributed by atoms with E-state index in [1.807, 2.05) is 0 Å². The number of carbonyl (C=O) groups excluding carboxylic acids is 2. The van der Waals surface area contributed by atoms with Crippen molar-refractivity contribution in [2.75, 3.05) is 26.7 Å². The van der Waals surface area contributed by atoms with Crippen LogP contribution in [0.25, 0.3) is 0 Å². The number of rotatable bonds is 2. The van der Waals surface area contributed by atoms with Crippen molar-refractivity contribution in [1.29, 1.82) is 0 Å². The van der Waals surface area contributed by atoms with Crippen LogP contribution in [0.2, 0.25) is 0 Å². The lowest BCUT2D eigenvalue weighted by molar-refractivity contribution is -0.136. The standard InChI is InChI=1S/C14H17FN2O3/c1-9-3-4-11(15)10(7-9)14(19)17-5-6-20-12(8-17)13(18)16-2/h3-4,7,12H,5-6,8H2,1-2H3,(H,16,18)/t12-/m1/s1. The molecule has 1 N–H and O–H groups in total. The first-order valence-corrected chi connectivity index (χ1v) is 6.41. The molecule has 1 aliphatic heterocycles. The van der Waals surface area contributed by atoms with Gasteiger partial charge in [-0.2, -0.15) is 0 Å². The van der Waals surface area contributed by atoms with Crippen LogP contribution in [-0.2, 0) is 9.53 Å². The normalized spacial score (nSPS) is 18.8. The number of nitrogens with one attached hydrogen (secondary N) is 1. The number of aryl methyl sites for hydroxylation is 1. The zero-order valence-electron chi connectivity index (χ0n) is 11.5. The van der Waals surface area contributed by atoms with Crippen LogP contribution in [0, 0.1) is 12.7 Å². The van der Waals surface area contributed by atoms with Crippen molar-refractivity contribution in [3.8, 4) is 0 Å². The maximum Gasteiger partial charge on any atom is 0.257 e. The molecule has 1 aliphatic rings. The minimum atomic E-state index is -0.703. The number of carbonyl (C=O) groups is 2. The highest BCUT2D eigenvalue weighted by Crippen LogP contribution is 2.15. The van der Waals surface area contributed by atoms with Crippen LogP contribution in [0.15, 0.2) is 18.2 Å². The van der Waals surface area contributed by atoms with Crippen molar-refractivity contribution in [3.05, 3.63) is 35.1 Å². The molecule has 1 atom stereocenters. The second-order valence-electron chi connectivity index (χ2n) is 4.71. The minimum Gasteiger partial charge on any atom is -0.365 e. The first-order valence-electron chi connectivity index (χ1n) is 6.41. The average Bonchev–Trinajstić information content (AvgIpc) is 2.48. The maximum atomic E-state index is 13.7. The van der Waals surface area contributed by atoms with Gasteiger partial charge in [-0.05, 0) is 19.1 Å². The molecule has 108 valence electrons. The fourth-order valence-corrected chi connectivity index (χ4v) is 2.13. The summed E-state index contributed by atoms with van der Waals surface area (Å²) in [4.78, 5) is 25.3. The largest absolute Gasteiger partial charge is 0.365 e. The molecule has 0 aliphatic carbocycles. The summed E-state index contributed by atoms with van der Waals surface area (Å²) in [6.07, 6.45) is -0.703. The van der Waals surface area contributed by atoms with Crippen molar-refractivity contribution >= 4 is 11.8 Å². The Morgan fingerprint density at radius 2 is 2.20 bits per heavy atom. The molecule has 0 radical (unpaired) electrons. The van der Waals surface area contributed by atoms with Crippen LogP contribution < -0.4 is 5.32 Å². The Balaban J connectivity index is 2.16. The quantitative estimate of drug-likeness (QED) is 0.868. The molecule has 0 saturated carbocycles. The van der Waals surface area contributed by atoms with E-state index in [1.54, 1.807) is 13.0 Å². The molecule has 5 nitrogen and oxygen atoms in total. The first kappa shape index (κ1) is 14.5. The van der Waals surface area contributed by atoms with Crippen LogP contribution in [-0.4, -0.2) is 49.6 Å². The molecule has 1 saturated heterocycles. The van der Waals surface area contributed by atoms with Gasteiger partial charge in [-0.3, -0.25) is 9.59 Å². The molecular weight excluding hydrogens is 263 g/mol. The van der Waals surface area contributed by atoms with E-state index < -0.39 is 17.8 Å². The van der Waals surface area contributed by atoms with Crippen LogP contribution >= 0.6 is 0 Å². The van der Waals surface area contributed by atoms with Gasteiger partial charge in [0.25, 0.3) is 11.8 Å². The van der Waals surface area contributed by atoms with Gasteiger partial charge in [-0.1, -0.05) is 11.6 Å². The molecule has 20 heavy (non-hydrogen) atoms. The highest BCUT2D eigenvalue weighted by Gasteiger charge is 2.30. The smallest absolute Gasteiger partial charge is 0.257 e. The van der Waals surface area contributed by atoms with E-state index in [2.05, 4.69) is 5.32 Å². The van der Waals surface area contributed by atoms with Crippen LogP contribution in [0.5, 0.6) is 0 Å². The molecule has 0 unspecified atom stereocenters. The number of benzene rings is 1. The molecule has 2 amide bonds. The van der Waals surface area contributed by atoms with Gasteiger partial charge in [0.15, 0.2) is 6.10 Å². The predicted octanol–water partition coefficient (Wildman–Crippen LogP) is 0.721. The fourth-order valence-electron chi connectivity index (χ4n) is 2.13. The summed E-state index contributed by atoms with van der Waals surface area (Å²) in [5.41, 5.74) is 0.841. The Bertz CT molecular complexity index is 533. The van der Waals surface area contributed by atoms with E-state index >= 15 is 0 Å². The summed E-state index contributed by atoms with van der Waals surface area (Å²) in [7, 11) is 1.51. The van der Waals surface area contributed by atoms with Gasteiger partial charge < -0.3 is 15.0 Å². The number of hydrogen-bond acceptors (Lipinski definition) is 3. The molecule has 0 aromatic heterocycles. The number of morpholine rings is 1. The molecule has 6 heteroatoms. The van der Waals surface area contributed by atoms with E-state index in [9.17, 15) is 14.0 Å². The molecule has 1 aromatic rings. The van der Waals surface area contributed by atoms with Gasteiger partial charge in [-0.15, -0.1) is 0 Å². The number of amides is 2. The predicted molar refractivity (Wildman–Crippen MR) is 70.8 cm³/mol. The molecule has 2 rings (SSSR count). The number of nitrogens with zero attached hydrogens (tertiary/aromatic N) is 1. The van der Waals surface area contributed by atoms with Crippen LogP contribution in [0.3, 0.4) is 0 Å². The topological polar surface area (TPSA) is 58.6 Å². The molecule has 1 heterocycles. The van der Waals surface area contributed by atoms with Crippen molar-refractivity contribution in [2.45, 2.75) is 13.0 Å².